The fourth-order valence-electron chi connectivity index (χ4n) is 1.70. The molecule has 0 radical (unpaired) electrons. The molecular formula is C9H12ClN3O. The predicted molar refractivity (Wildman–Crippen MR) is 53.3 cm³/mol. The van der Waals surface area contributed by atoms with E-state index in [4.69, 9.17) is 11.6 Å². The molecule has 5 heteroatoms. The van der Waals surface area contributed by atoms with Gasteiger partial charge < -0.3 is 5.32 Å². The first-order valence-electron chi connectivity index (χ1n) is 4.71. The van der Waals surface area contributed by atoms with Gasteiger partial charge in [-0.3, -0.25) is 9.89 Å². The van der Waals surface area contributed by atoms with Crippen LogP contribution in [0, 0.1) is 0 Å². The third-order valence-electron chi connectivity index (χ3n) is 2.51. The molecule has 2 unspecified atom stereocenters. The number of H-pyrrole nitrogens is 1. The fraction of sp³-hybridized carbons (Fsp3) is 0.556. The molecule has 14 heavy (non-hydrogen) atoms. The number of aromatic nitrogens is 2. The molecule has 76 valence electrons. The van der Waals surface area contributed by atoms with Crippen molar-refractivity contribution in [2.45, 2.75) is 30.7 Å². The molecule has 2 N–H and O–H groups in total. The van der Waals surface area contributed by atoms with E-state index >= 15 is 0 Å². The van der Waals surface area contributed by atoms with Crippen LogP contribution in [0.3, 0.4) is 0 Å². The summed E-state index contributed by atoms with van der Waals surface area (Å²) in [5.74, 6) is -0.101. The Hall–Kier alpha value is -1.03. The Morgan fingerprint density at radius 2 is 2.50 bits per heavy atom. The first-order chi connectivity index (χ1) is 6.77. The number of amides is 1. The highest BCUT2D eigenvalue weighted by Crippen LogP contribution is 2.24. The molecule has 1 aliphatic rings. The van der Waals surface area contributed by atoms with Crippen LogP contribution in [0.1, 0.15) is 29.6 Å². The minimum Gasteiger partial charge on any atom is -0.348 e. The van der Waals surface area contributed by atoms with Crippen LogP contribution in [0.5, 0.6) is 0 Å². The average molecular weight is 214 g/mol. The summed E-state index contributed by atoms with van der Waals surface area (Å²) in [6.07, 6.45) is 6.13. The van der Waals surface area contributed by atoms with Crippen molar-refractivity contribution in [3.8, 4) is 0 Å². The van der Waals surface area contributed by atoms with Crippen LogP contribution in [0.2, 0.25) is 0 Å². The van der Waals surface area contributed by atoms with Crippen molar-refractivity contribution in [3.63, 3.8) is 0 Å². The van der Waals surface area contributed by atoms with Crippen molar-refractivity contribution in [1.82, 2.24) is 15.5 Å². The zero-order valence-electron chi connectivity index (χ0n) is 7.66. The van der Waals surface area contributed by atoms with E-state index < -0.39 is 0 Å². The van der Waals surface area contributed by atoms with Gasteiger partial charge >= 0.3 is 0 Å². The molecule has 1 aromatic rings. The molecule has 0 spiro atoms. The van der Waals surface area contributed by atoms with Gasteiger partial charge in [0.1, 0.15) is 0 Å². The first-order valence-corrected chi connectivity index (χ1v) is 5.15. The molecule has 0 aliphatic heterocycles. The zero-order chi connectivity index (χ0) is 9.97. The average Bonchev–Trinajstić information content (AvgIpc) is 2.77. The second kappa shape index (κ2) is 4.00. The number of hydrogen-bond donors (Lipinski definition) is 2. The summed E-state index contributed by atoms with van der Waals surface area (Å²) in [6, 6.07) is 0.110. The minimum atomic E-state index is -0.101. The lowest BCUT2D eigenvalue weighted by Crippen LogP contribution is -2.37. The Morgan fingerprint density at radius 3 is 3.07 bits per heavy atom. The van der Waals surface area contributed by atoms with Crippen LogP contribution in [-0.2, 0) is 0 Å². The third-order valence-corrected chi connectivity index (χ3v) is 3.03. The van der Waals surface area contributed by atoms with E-state index in [0.717, 1.165) is 19.3 Å². The third kappa shape index (κ3) is 1.90. The topological polar surface area (TPSA) is 57.8 Å². The fourth-order valence-corrected chi connectivity index (χ4v) is 2.05. The number of alkyl halides is 1. The van der Waals surface area contributed by atoms with Gasteiger partial charge in [-0.15, -0.1) is 11.6 Å². The molecule has 2 atom stereocenters. The summed E-state index contributed by atoms with van der Waals surface area (Å²) < 4.78 is 0. The van der Waals surface area contributed by atoms with Crippen LogP contribution < -0.4 is 5.32 Å². The normalized spacial score (nSPS) is 26.4. The zero-order valence-corrected chi connectivity index (χ0v) is 8.42. The molecule has 2 rings (SSSR count). The van der Waals surface area contributed by atoms with Gasteiger partial charge in [-0.05, 0) is 19.3 Å². The van der Waals surface area contributed by atoms with Crippen LogP contribution in [0.15, 0.2) is 12.4 Å². The molecule has 1 aromatic heterocycles. The molecule has 4 nitrogen and oxygen atoms in total. The molecule has 0 aromatic carbocycles. The standard InChI is InChI=1S/C9H12ClN3O/c10-7-2-1-3-8(7)13-9(14)6-4-11-12-5-6/h4-5,7-8H,1-3H2,(H,11,12)(H,13,14). The van der Waals surface area contributed by atoms with Crippen molar-refractivity contribution >= 4 is 17.5 Å². The summed E-state index contributed by atoms with van der Waals surface area (Å²) in [5, 5.41) is 9.30. The summed E-state index contributed by atoms with van der Waals surface area (Å²) in [6.45, 7) is 0. The van der Waals surface area contributed by atoms with Crippen molar-refractivity contribution in [1.29, 1.82) is 0 Å². The van der Waals surface area contributed by atoms with E-state index in [1.54, 1.807) is 6.20 Å². The van der Waals surface area contributed by atoms with Crippen molar-refractivity contribution in [3.05, 3.63) is 18.0 Å². The highest BCUT2D eigenvalue weighted by atomic mass is 35.5. The number of carbonyl (C=O) groups is 1. The predicted octanol–water partition coefficient (Wildman–Crippen LogP) is 1.30. The smallest absolute Gasteiger partial charge is 0.254 e. The lowest BCUT2D eigenvalue weighted by molar-refractivity contribution is 0.0938. The van der Waals surface area contributed by atoms with Crippen molar-refractivity contribution in [2.75, 3.05) is 0 Å². The number of rotatable bonds is 2. The number of nitrogens with zero attached hydrogens (tertiary/aromatic N) is 1. The summed E-state index contributed by atoms with van der Waals surface area (Å²) in [7, 11) is 0. The molecule has 0 saturated heterocycles. The van der Waals surface area contributed by atoms with E-state index in [2.05, 4.69) is 15.5 Å². The maximum Gasteiger partial charge on any atom is 0.254 e. The maximum absolute atomic E-state index is 11.6. The van der Waals surface area contributed by atoms with E-state index in [9.17, 15) is 4.79 Å². The monoisotopic (exact) mass is 213 g/mol. The van der Waals surface area contributed by atoms with Crippen LogP contribution >= 0.6 is 11.6 Å². The minimum absolute atomic E-state index is 0.0749. The van der Waals surface area contributed by atoms with Crippen LogP contribution in [0.25, 0.3) is 0 Å². The molecule has 1 heterocycles. The molecule has 1 fully saturated rings. The van der Waals surface area contributed by atoms with E-state index in [0.29, 0.717) is 5.56 Å². The highest BCUT2D eigenvalue weighted by molar-refractivity contribution is 6.21. The Bertz CT molecular complexity index is 312. The van der Waals surface area contributed by atoms with Crippen LogP contribution in [-0.4, -0.2) is 27.5 Å². The van der Waals surface area contributed by atoms with Gasteiger partial charge in [-0.25, -0.2) is 0 Å². The molecule has 1 saturated carbocycles. The van der Waals surface area contributed by atoms with Crippen molar-refractivity contribution < 1.29 is 4.79 Å². The van der Waals surface area contributed by atoms with Gasteiger partial charge in [-0.1, -0.05) is 0 Å². The number of aromatic amines is 1. The largest absolute Gasteiger partial charge is 0.348 e. The summed E-state index contributed by atoms with van der Waals surface area (Å²) in [4.78, 5) is 11.6. The quantitative estimate of drug-likeness (QED) is 0.728. The second-order valence-corrected chi connectivity index (χ2v) is 4.07. The number of nitrogens with one attached hydrogen (secondary N) is 2. The molecule has 1 aliphatic carbocycles. The molecular weight excluding hydrogens is 202 g/mol. The lowest BCUT2D eigenvalue weighted by atomic mass is 10.2. The maximum atomic E-state index is 11.6. The van der Waals surface area contributed by atoms with Crippen molar-refractivity contribution in [2.24, 2.45) is 0 Å². The van der Waals surface area contributed by atoms with E-state index in [1.165, 1.54) is 6.20 Å². The Morgan fingerprint density at radius 1 is 1.64 bits per heavy atom. The summed E-state index contributed by atoms with van der Waals surface area (Å²) in [5.41, 5.74) is 0.556. The summed E-state index contributed by atoms with van der Waals surface area (Å²) >= 11 is 6.05. The Balaban J connectivity index is 1.95. The van der Waals surface area contributed by atoms with Gasteiger partial charge in [0, 0.05) is 12.2 Å². The van der Waals surface area contributed by atoms with Gasteiger partial charge in [-0.2, -0.15) is 5.10 Å². The SMILES string of the molecule is O=C(NC1CCCC1Cl)c1cn[nH]c1. The van der Waals surface area contributed by atoms with E-state index in [-0.39, 0.29) is 17.3 Å². The molecule has 1 amide bonds. The number of hydrogen-bond acceptors (Lipinski definition) is 2. The van der Waals surface area contributed by atoms with Gasteiger partial charge in [0.15, 0.2) is 0 Å². The number of halogens is 1. The first kappa shape index (κ1) is 9.52. The Labute approximate surface area is 87.0 Å². The van der Waals surface area contributed by atoms with Gasteiger partial charge in [0.05, 0.1) is 17.1 Å². The van der Waals surface area contributed by atoms with E-state index in [1.807, 2.05) is 0 Å². The highest BCUT2D eigenvalue weighted by Gasteiger charge is 2.26. The lowest BCUT2D eigenvalue weighted by Gasteiger charge is -2.14. The number of carbonyl (C=O) groups excluding carboxylic acids is 1. The van der Waals surface area contributed by atoms with Gasteiger partial charge in [0.25, 0.3) is 5.91 Å². The molecule has 0 bridgehead atoms. The Kier molecular flexibility index (Phi) is 2.72. The van der Waals surface area contributed by atoms with Gasteiger partial charge in [0.2, 0.25) is 0 Å². The van der Waals surface area contributed by atoms with Crippen LogP contribution in [0.4, 0.5) is 0 Å². The second-order valence-electron chi connectivity index (χ2n) is 3.51.